The predicted octanol–water partition coefficient (Wildman–Crippen LogP) is 1.64. The molecule has 4 heteroatoms. The van der Waals surface area contributed by atoms with Gasteiger partial charge in [0.05, 0.1) is 6.61 Å². The van der Waals surface area contributed by atoms with Gasteiger partial charge in [0.1, 0.15) is 0 Å². The van der Waals surface area contributed by atoms with Crippen molar-refractivity contribution in [3.05, 3.63) is 17.3 Å². The number of ether oxygens (including phenoxy) is 1. The molecule has 0 heterocycles. The van der Waals surface area contributed by atoms with Crippen molar-refractivity contribution in [2.75, 3.05) is 13.2 Å². The third-order valence-electron chi connectivity index (χ3n) is 0.805. The van der Waals surface area contributed by atoms with Crippen molar-refractivity contribution >= 4 is 17.7 Å². The van der Waals surface area contributed by atoms with Gasteiger partial charge in [-0.2, -0.15) is 0 Å². The Labute approximate surface area is 70.7 Å². The number of carbonyl (C=O) groups is 1. The van der Waals surface area contributed by atoms with Gasteiger partial charge in [0.2, 0.25) is 0 Å². The summed E-state index contributed by atoms with van der Waals surface area (Å²) < 4.78 is 4.58. The number of rotatable bonds is 3. The fourth-order valence-corrected chi connectivity index (χ4v) is 0.509. The molecular formula is C7H10ClNO2. The van der Waals surface area contributed by atoms with Crippen LogP contribution < -0.4 is 5.32 Å². The van der Waals surface area contributed by atoms with Crippen LogP contribution in [-0.4, -0.2) is 19.2 Å². The van der Waals surface area contributed by atoms with E-state index >= 15 is 0 Å². The first-order valence-electron chi connectivity index (χ1n) is 3.21. The minimum absolute atomic E-state index is 0.376. The smallest absolute Gasteiger partial charge is 0.407 e. The first-order chi connectivity index (χ1) is 5.31. The molecule has 3 nitrogen and oxygen atoms in total. The first kappa shape index (κ1) is 10.1. The van der Waals surface area contributed by atoms with Gasteiger partial charge in [0.15, 0.2) is 0 Å². The van der Waals surface area contributed by atoms with Gasteiger partial charge >= 0.3 is 6.09 Å². The Bertz CT molecular complexity index is 173. The summed E-state index contributed by atoms with van der Waals surface area (Å²) in [6.45, 7) is 2.50. The number of hydrogen-bond donors (Lipinski definition) is 1. The van der Waals surface area contributed by atoms with Gasteiger partial charge in [-0.25, -0.2) is 4.79 Å². The summed E-state index contributed by atoms with van der Waals surface area (Å²) in [5.41, 5.74) is 3.83. The summed E-state index contributed by atoms with van der Waals surface area (Å²) in [5, 5.41) is 2.46. The average molecular weight is 176 g/mol. The molecule has 0 atom stereocenters. The number of hydrogen-bond acceptors (Lipinski definition) is 2. The number of halogens is 1. The Balaban J connectivity index is 3.38. The minimum Gasteiger partial charge on any atom is -0.450 e. The average Bonchev–Trinajstić information content (AvgIpc) is 1.99. The molecule has 62 valence electrons. The Morgan fingerprint density at radius 2 is 2.55 bits per heavy atom. The van der Waals surface area contributed by atoms with Crippen molar-refractivity contribution in [2.45, 2.75) is 6.92 Å². The van der Waals surface area contributed by atoms with Crippen LogP contribution in [0.3, 0.4) is 0 Å². The fourth-order valence-electron chi connectivity index (χ4n) is 0.420. The van der Waals surface area contributed by atoms with Crippen LogP contribution in [0.1, 0.15) is 6.92 Å². The highest BCUT2D eigenvalue weighted by Gasteiger charge is 1.94. The molecule has 0 aromatic rings. The quantitative estimate of drug-likeness (QED) is 0.663. The van der Waals surface area contributed by atoms with E-state index in [1.54, 1.807) is 13.0 Å². The molecule has 0 aliphatic rings. The summed E-state index contributed by atoms with van der Waals surface area (Å²) in [6, 6.07) is 0. The van der Waals surface area contributed by atoms with Crippen molar-refractivity contribution in [2.24, 2.45) is 0 Å². The Kier molecular flexibility index (Phi) is 6.59. The molecule has 11 heavy (non-hydrogen) atoms. The molecule has 0 rings (SSSR count). The number of carbonyl (C=O) groups excluding carboxylic acids is 1. The van der Waals surface area contributed by atoms with Crippen LogP contribution in [-0.2, 0) is 4.74 Å². The van der Waals surface area contributed by atoms with Crippen LogP contribution in [0.15, 0.2) is 17.3 Å². The SMILES string of the molecule is CCOC(=O)NCC=C=CCl. The molecule has 0 aromatic heterocycles. The predicted molar refractivity (Wildman–Crippen MR) is 43.5 cm³/mol. The lowest BCUT2D eigenvalue weighted by Crippen LogP contribution is -2.23. The topological polar surface area (TPSA) is 38.3 Å². The molecule has 0 bridgehead atoms. The molecular weight excluding hydrogens is 166 g/mol. The molecule has 0 aliphatic carbocycles. The van der Waals surface area contributed by atoms with Crippen LogP contribution in [0.2, 0.25) is 0 Å². The van der Waals surface area contributed by atoms with Crippen molar-refractivity contribution in [1.29, 1.82) is 0 Å². The Morgan fingerprint density at radius 1 is 1.82 bits per heavy atom. The molecule has 1 amide bonds. The summed E-state index contributed by atoms with van der Waals surface area (Å²) in [6.07, 6.45) is 1.16. The van der Waals surface area contributed by atoms with Gasteiger partial charge in [0.25, 0.3) is 0 Å². The van der Waals surface area contributed by atoms with E-state index in [9.17, 15) is 4.79 Å². The molecule has 0 aliphatic heterocycles. The molecule has 0 aromatic carbocycles. The lowest BCUT2D eigenvalue weighted by molar-refractivity contribution is 0.153. The van der Waals surface area contributed by atoms with E-state index in [1.807, 2.05) is 0 Å². The van der Waals surface area contributed by atoms with Crippen molar-refractivity contribution in [1.82, 2.24) is 5.32 Å². The van der Waals surface area contributed by atoms with E-state index in [0.29, 0.717) is 13.2 Å². The molecule has 0 spiro atoms. The zero-order chi connectivity index (χ0) is 8.53. The maximum atomic E-state index is 10.6. The van der Waals surface area contributed by atoms with E-state index in [-0.39, 0.29) is 0 Å². The van der Waals surface area contributed by atoms with Crippen LogP contribution in [0.5, 0.6) is 0 Å². The zero-order valence-corrected chi connectivity index (χ0v) is 7.02. The fraction of sp³-hybridized carbons (Fsp3) is 0.429. The Morgan fingerprint density at radius 3 is 3.09 bits per heavy atom. The van der Waals surface area contributed by atoms with E-state index in [4.69, 9.17) is 11.6 Å². The summed E-state index contributed by atoms with van der Waals surface area (Å²) in [7, 11) is 0. The number of nitrogens with one attached hydrogen (secondary N) is 1. The second kappa shape index (κ2) is 7.19. The second-order valence-electron chi connectivity index (χ2n) is 1.58. The number of alkyl carbamates (subject to hydrolysis) is 1. The molecule has 0 fully saturated rings. The van der Waals surface area contributed by atoms with E-state index in [2.05, 4.69) is 15.8 Å². The third-order valence-corrected chi connectivity index (χ3v) is 0.931. The van der Waals surface area contributed by atoms with Crippen molar-refractivity contribution in [3.8, 4) is 0 Å². The largest absolute Gasteiger partial charge is 0.450 e. The maximum absolute atomic E-state index is 10.6. The van der Waals surface area contributed by atoms with Crippen LogP contribution in [0.4, 0.5) is 4.79 Å². The molecule has 0 unspecified atom stereocenters. The van der Waals surface area contributed by atoms with Crippen molar-refractivity contribution < 1.29 is 9.53 Å². The van der Waals surface area contributed by atoms with E-state index < -0.39 is 6.09 Å². The summed E-state index contributed by atoms with van der Waals surface area (Å²) in [4.78, 5) is 10.6. The van der Waals surface area contributed by atoms with Gasteiger partial charge in [-0.15, -0.1) is 5.73 Å². The Hall–Kier alpha value is -0.920. The highest BCUT2D eigenvalue weighted by atomic mass is 35.5. The van der Waals surface area contributed by atoms with E-state index in [0.717, 1.165) is 0 Å². The lowest BCUT2D eigenvalue weighted by atomic mass is 10.6. The standard InChI is InChI=1S/C7H10ClNO2/c1-2-11-7(10)9-6-4-3-5-8/h4-5H,2,6H2,1H3,(H,9,10). The molecule has 0 saturated carbocycles. The van der Waals surface area contributed by atoms with Gasteiger partial charge in [-0.05, 0) is 13.0 Å². The normalized spacial score (nSPS) is 7.82. The lowest BCUT2D eigenvalue weighted by Gasteiger charge is -1.99. The van der Waals surface area contributed by atoms with Crippen LogP contribution in [0.25, 0.3) is 0 Å². The zero-order valence-electron chi connectivity index (χ0n) is 6.26. The van der Waals surface area contributed by atoms with Gasteiger partial charge < -0.3 is 10.1 Å². The van der Waals surface area contributed by atoms with Crippen molar-refractivity contribution in [3.63, 3.8) is 0 Å². The third kappa shape index (κ3) is 6.97. The van der Waals surface area contributed by atoms with Gasteiger partial charge in [-0.3, -0.25) is 0 Å². The summed E-state index contributed by atoms with van der Waals surface area (Å²) in [5.74, 6) is 0. The summed E-state index contributed by atoms with van der Waals surface area (Å²) >= 11 is 5.17. The highest BCUT2D eigenvalue weighted by Crippen LogP contribution is 1.76. The highest BCUT2D eigenvalue weighted by molar-refractivity contribution is 6.25. The van der Waals surface area contributed by atoms with Crippen LogP contribution in [0, 0.1) is 0 Å². The molecule has 0 saturated heterocycles. The maximum Gasteiger partial charge on any atom is 0.407 e. The minimum atomic E-state index is -0.430. The van der Waals surface area contributed by atoms with Gasteiger partial charge in [-0.1, -0.05) is 11.6 Å². The van der Waals surface area contributed by atoms with E-state index in [1.165, 1.54) is 5.54 Å². The van der Waals surface area contributed by atoms with Gasteiger partial charge in [0, 0.05) is 12.1 Å². The first-order valence-corrected chi connectivity index (χ1v) is 3.65. The monoisotopic (exact) mass is 175 g/mol. The van der Waals surface area contributed by atoms with Crippen LogP contribution >= 0.6 is 11.6 Å². The number of amides is 1. The second-order valence-corrected chi connectivity index (χ2v) is 1.80. The molecule has 0 radical (unpaired) electrons. The molecule has 1 N–H and O–H groups in total.